The minimum Gasteiger partial charge on any atom is -0.492 e. The van der Waals surface area contributed by atoms with Crippen molar-refractivity contribution < 1.29 is 22.7 Å². The normalized spacial score (nSPS) is 12.2. The Hall–Kier alpha value is -3.07. The van der Waals surface area contributed by atoms with E-state index in [1.165, 1.54) is 4.90 Å². The first-order valence-corrected chi connectivity index (χ1v) is 13.1. The Morgan fingerprint density at radius 3 is 2.24 bits per heavy atom. The van der Waals surface area contributed by atoms with E-state index in [2.05, 4.69) is 5.32 Å². The molecule has 2 aromatic rings. The molecule has 0 aliphatic rings. The zero-order chi connectivity index (χ0) is 25.5. The van der Waals surface area contributed by atoms with Gasteiger partial charge in [-0.25, -0.2) is 8.42 Å². The van der Waals surface area contributed by atoms with Crippen molar-refractivity contribution in [2.75, 3.05) is 23.7 Å². The summed E-state index contributed by atoms with van der Waals surface area (Å²) in [4.78, 5) is 27.8. The van der Waals surface area contributed by atoms with Gasteiger partial charge in [-0.05, 0) is 57.9 Å². The van der Waals surface area contributed by atoms with Crippen LogP contribution >= 0.6 is 0 Å². The summed E-state index contributed by atoms with van der Waals surface area (Å²) in [6, 6.07) is 13.4. The summed E-state index contributed by atoms with van der Waals surface area (Å²) in [5.74, 6) is -0.441. The Morgan fingerprint density at radius 1 is 1.03 bits per heavy atom. The van der Waals surface area contributed by atoms with Crippen LogP contribution in [0.1, 0.15) is 38.8 Å². The third-order valence-electron chi connectivity index (χ3n) is 5.31. The van der Waals surface area contributed by atoms with Gasteiger partial charge >= 0.3 is 0 Å². The van der Waals surface area contributed by atoms with Crippen LogP contribution in [-0.4, -0.2) is 56.6 Å². The lowest BCUT2D eigenvalue weighted by Crippen LogP contribution is -2.52. The quantitative estimate of drug-likeness (QED) is 0.523. The Morgan fingerprint density at radius 2 is 1.65 bits per heavy atom. The largest absolute Gasteiger partial charge is 0.492 e. The number of sulfonamides is 1. The average molecular weight is 490 g/mol. The second-order valence-corrected chi connectivity index (χ2v) is 10.4. The van der Waals surface area contributed by atoms with E-state index in [0.29, 0.717) is 12.4 Å². The summed E-state index contributed by atoms with van der Waals surface area (Å²) < 4.78 is 32.1. The van der Waals surface area contributed by atoms with Gasteiger partial charge in [0.1, 0.15) is 18.3 Å². The summed E-state index contributed by atoms with van der Waals surface area (Å²) in [6.45, 7) is 9.10. The highest BCUT2D eigenvalue weighted by Gasteiger charge is 2.31. The molecule has 2 rings (SSSR count). The van der Waals surface area contributed by atoms with Crippen LogP contribution in [0.25, 0.3) is 0 Å². The molecule has 1 N–H and O–H groups in total. The molecular weight excluding hydrogens is 454 g/mol. The molecule has 0 radical (unpaired) electrons. The lowest BCUT2D eigenvalue weighted by Gasteiger charge is -2.32. The van der Waals surface area contributed by atoms with Crippen molar-refractivity contribution in [3.05, 3.63) is 59.7 Å². The molecule has 9 heteroatoms. The highest BCUT2D eigenvalue weighted by atomic mass is 32.2. The number of amides is 2. The lowest BCUT2D eigenvalue weighted by molar-refractivity contribution is -0.139. The fraction of sp³-hybridized carbons (Fsp3) is 0.440. The molecule has 1 atom stereocenters. The van der Waals surface area contributed by atoms with Crippen molar-refractivity contribution in [1.82, 2.24) is 10.2 Å². The van der Waals surface area contributed by atoms with E-state index in [9.17, 15) is 18.0 Å². The first-order chi connectivity index (χ1) is 16.0. The SMILES string of the molecule is CCOc1ccccc1N(CC(=O)N(Cc1ccccc1C)C(C)C(=O)NC(C)C)S(C)(=O)=O. The molecule has 0 fully saturated rings. The number of carbonyl (C=O) groups excluding carboxylic acids is 2. The molecule has 0 bridgehead atoms. The molecule has 186 valence electrons. The van der Waals surface area contributed by atoms with E-state index < -0.39 is 28.5 Å². The average Bonchev–Trinajstić information content (AvgIpc) is 2.76. The molecule has 0 aliphatic heterocycles. The van der Waals surface area contributed by atoms with E-state index in [0.717, 1.165) is 21.7 Å². The number of anilines is 1. The zero-order valence-corrected chi connectivity index (χ0v) is 21.6. The van der Waals surface area contributed by atoms with Crippen LogP contribution in [0.2, 0.25) is 0 Å². The number of ether oxygens (including phenoxy) is 1. The fourth-order valence-electron chi connectivity index (χ4n) is 3.49. The Labute approximate surface area is 202 Å². The summed E-state index contributed by atoms with van der Waals surface area (Å²) in [6.07, 6.45) is 1.05. The topological polar surface area (TPSA) is 96.0 Å². The molecule has 0 spiro atoms. The third-order valence-corrected chi connectivity index (χ3v) is 6.44. The standard InChI is InChI=1S/C25H35N3O5S/c1-7-33-23-15-11-10-14-22(23)28(34(6,31)32)17-24(29)27(20(5)25(30)26-18(2)3)16-21-13-9-8-12-19(21)4/h8-15,18,20H,7,16-17H2,1-6H3,(H,26,30). The number of para-hydroxylation sites is 2. The first kappa shape index (κ1) is 27.2. The molecule has 8 nitrogen and oxygen atoms in total. The van der Waals surface area contributed by atoms with Crippen LogP contribution in [0.4, 0.5) is 5.69 Å². The van der Waals surface area contributed by atoms with Gasteiger partial charge in [0.05, 0.1) is 18.6 Å². The monoisotopic (exact) mass is 489 g/mol. The van der Waals surface area contributed by atoms with E-state index in [1.54, 1.807) is 38.1 Å². The second kappa shape index (κ2) is 11.9. The molecule has 1 unspecified atom stereocenters. The molecule has 0 saturated heterocycles. The number of rotatable bonds is 11. The smallest absolute Gasteiger partial charge is 0.244 e. The van der Waals surface area contributed by atoms with Crippen molar-refractivity contribution in [1.29, 1.82) is 0 Å². The van der Waals surface area contributed by atoms with Gasteiger partial charge in [-0.3, -0.25) is 13.9 Å². The first-order valence-electron chi connectivity index (χ1n) is 11.3. The number of hydrogen-bond acceptors (Lipinski definition) is 5. The van der Waals surface area contributed by atoms with Crippen LogP contribution in [0.3, 0.4) is 0 Å². The van der Waals surface area contributed by atoms with E-state index in [-0.39, 0.29) is 24.2 Å². The van der Waals surface area contributed by atoms with Gasteiger partial charge in [0, 0.05) is 12.6 Å². The molecule has 0 aromatic heterocycles. The maximum Gasteiger partial charge on any atom is 0.244 e. The van der Waals surface area contributed by atoms with Crippen molar-refractivity contribution in [3.63, 3.8) is 0 Å². The van der Waals surface area contributed by atoms with Crippen LogP contribution in [0, 0.1) is 6.92 Å². The number of aryl methyl sites for hydroxylation is 1. The van der Waals surface area contributed by atoms with Crippen LogP contribution in [0.5, 0.6) is 5.75 Å². The van der Waals surface area contributed by atoms with Crippen molar-refractivity contribution in [3.8, 4) is 5.75 Å². The van der Waals surface area contributed by atoms with Gasteiger partial charge in [-0.1, -0.05) is 36.4 Å². The third kappa shape index (κ3) is 7.21. The summed E-state index contributed by atoms with van der Waals surface area (Å²) in [5, 5.41) is 2.83. The minimum absolute atomic E-state index is 0.101. The van der Waals surface area contributed by atoms with E-state index >= 15 is 0 Å². The molecular formula is C25H35N3O5S. The number of nitrogens with zero attached hydrogens (tertiary/aromatic N) is 2. The number of carbonyl (C=O) groups is 2. The Balaban J connectivity index is 2.45. The maximum absolute atomic E-state index is 13.6. The summed E-state index contributed by atoms with van der Waals surface area (Å²) in [5.41, 5.74) is 2.12. The fourth-order valence-corrected chi connectivity index (χ4v) is 4.35. The van der Waals surface area contributed by atoms with Gasteiger partial charge in [-0.15, -0.1) is 0 Å². The van der Waals surface area contributed by atoms with Crippen molar-refractivity contribution in [2.24, 2.45) is 0 Å². The van der Waals surface area contributed by atoms with Gasteiger partial charge in [0.15, 0.2) is 0 Å². The van der Waals surface area contributed by atoms with E-state index in [1.807, 2.05) is 45.0 Å². The van der Waals surface area contributed by atoms with Crippen LogP contribution in [-0.2, 0) is 26.2 Å². The highest BCUT2D eigenvalue weighted by Crippen LogP contribution is 2.30. The van der Waals surface area contributed by atoms with Crippen LogP contribution < -0.4 is 14.4 Å². The Kier molecular flexibility index (Phi) is 9.49. The zero-order valence-electron chi connectivity index (χ0n) is 20.7. The van der Waals surface area contributed by atoms with Crippen molar-refractivity contribution in [2.45, 2.75) is 53.2 Å². The number of hydrogen-bond donors (Lipinski definition) is 1. The molecule has 0 saturated carbocycles. The predicted molar refractivity (Wildman–Crippen MR) is 134 cm³/mol. The maximum atomic E-state index is 13.6. The lowest BCUT2D eigenvalue weighted by atomic mass is 10.1. The molecule has 2 aromatic carbocycles. The molecule has 0 heterocycles. The second-order valence-electron chi connectivity index (χ2n) is 8.46. The van der Waals surface area contributed by atoms with E-state index in [4.69, 9.17) is 4.74 Å². The number of benzene rings is 2. The predicted octanol–water partition coefficient (Wildman–Crippen LogP) is 3.10. The van der Waals surface area contributed by atoms with Crippen molar-refractivity contribution >= 4 is 27.5 Å². The highest BCUT2D eigenvalue weighted by molar-refractivity contribution is 7.92. The summed E-state index contributed by atoms with van der Waals surface area (Å²) >= 11 is 0. The molecule has 2 amide bonds. The van der Waals surface area contributed by atoms with Gasteiger partial charge in [-0.2, -0.15) is 0 Å². The molecule has 0 aliphatic carbocycles. The van der Waals surface area contributed by atoms with Gasteiger partial charge < -0.3 is 15.0 Å². The van der Waals surface area contributed by atoms with Gasteiger partial charge in [0.2, 0.25) is 21.8 Å². The summed E-state index contributed by atoms with van der Waals surface area (Å²) in [7, 11) is -3.83. The van der Waals surface area contributed by atoms with Gasteiger partial charge in [0.25, 0.3) is 0 Å². The molecule has 34 heavy (non-hydrogen) atoms. The minimum atomic E-state index is -3.83. The van der Waals surface area contributed by atoms with Crippen LogP contribution in [0.15, 0.2) is 48.5 Å². The Bertz CT molecular complexity index is 1100. The number of nitrogens with one attached hydrogen (secondary N) is 1.